The average molecular weight is 269 g/mol. The van der Waals surface area contributed by atoms with Gasteiger partial charge in [0.1, 0.15) is 0 Å². The SMILES string of the molecule is O=c1[nH]c(C(F)F)c([N+](=O)[O-])cc1Br. The van der Waals surface area contributed by atoms with Crippen LogP contribution in [0.4, 0.5) is 14.5 Å². The molecule has 76 valence electrons. The van der Waals surface area contributed by atoms with E-state index < -0.39 is 28.3 Å². The molecule has 0 aromatic carbocycles. The molecule has 0 aliphatic carbocycles. The van der Waals surface area contributed by atoms with Gasteiger partial charge in [0.25, 0.3) is 17.7 Å². The second-order valence-electron chi connectivity index (χ2n) is 2.30. The number of pyridine rings is 1. The highest BCUT2D eigenvalue weighted by molar-refractivity contribution is 9.10. The molecule has 0 aliphatic heterocycles. The first-order valence-electron chi connectivity index (χ1n) is 3.28. The summed E-state index contributed by atoms with van der Waals surface area (Å²) in [6.45, 7) is 0. The maximum atomic E-state index is 12.2. The summed E-state index contributed by atoms with van der Waals surface area (Å²) in [4.78, 5) is 21.9. The van der Waals surface area contributed by atoms with Crippen LogP contribution in [-0.4, -0.2) is 9.91 Å². The van der Waals surface area contributed by atoms with Crippen LogP contribution in [0.3, 0.4) is 0 Å². The Bertz CT molecular complexity index is 432. The van der Waals surface area contributed by atoms with Gasteiger partial charge in [0.15, 0.2) is 5.69 Å². The molecule has 0 atom stereocenters. The summed E-state index contributed by atoms with van der Waals surface area (Å²) in [5, 5.41) is 10.3. The molecule has 14 heavy (non-hydrogen) atoms. The summed E-state index contributed by atoms with van der Waals surface area (Å²) >= 11 is 2.70. The quantitative estimate of drug-likeness (QED) is 0.658. The number of aromatic nitrogens is 1. The highest BCUT2D eigenvalue weighted by Crippen LogP contribution is 2.26. The van der Waals surface area contributed by atoms with Gasteiger partial charge in [-0.3, -0.25) is 14.9 Å². The zero-order valence-electron chi connectivity index (χ0n) is 6.46. The summed E-state index contributed by atoms with van der Waals surface area (Å²) < 4.78 is 24.3. The molecule has 0 saturated carbocycles. The Hall–Kier alpha value is -1.31. The Morgan fingerprint density at radius 2 is 2.14 bits per heavy atom. The Morgan fingerprint density at radius 3 is 2.57 bits per heavy atom. The minimum atomic E-state index is -3.09. The summed E-state index contributed by atoms with van der Waals surface area (Å²) in [6.07, 6.45) is -3.09. The zero-order chi connectivity index (χ0) is 10.9. The van der Waals surface area contributed by atoms with Crippen molar-refractivity contribution in [3.63, 3.8) is 0 Å². The number of nitrogens with zero attached hydrogens (tertiary/aromatic N) is 1. The predicted octanol–water partition coefficient (Wildman–Crippen LogP) is 1.98. The van der Waals surface area contributed by atoms with Crippen molar-refractivity contribution in [3.8, 4) is 0 Å². The van der Waals surface area contributed by atoms with Gasteiger partial charge in [0, 0.05) is 6.07 Å². The second kappa shape index (κ2) is 3.82. The Labute approximate surface area is 84.0 Å². The number of alkyl halides is 2. The number of hydrogen-bond acceptors (Lipinski definition) is 3. The van der Waals surface area contributed by atoms with Gasteiger partial charge in [-0.2, -0.15) is 0 Å². The topological polar surface area (TPSA) is 76.0 Å². The second-order valence-corrected chi connectivity index (χ2v) is 3.16. The third-order valence-electron chi connectivity index (χ3n) is 1.42. The lowest BCUT2D eigenvalue weighted by molar-refractivity contribution is -0.386. The molecule has 5 nitrogen and oxygen atoms in total. The van der Waals surface area contributed by atoms with Crippen LogP contribution in [0.15, 0.2) is 15.3 Å². The number of H-pyrrole nitrogens is 1. The molecule has 0 radical (unpaired) electrons. The Morgan fingerprint density at radius 1 is 1.57 bits per heavy atom. The van der Waals surface area contributed by atoms with Gasteiger partial charge in [-0.25, -0.2) is 8.78 Å². The first-order valence-corrected chi connectivity index (χ1v) is 4.08. The van der Waals surface area contributed by atoms with E-state index in [-0.39, 0.29) is 4.47 Å². The van der Waals surface area contributed by atoms with Crippen LogP contribution in [0, 0.1) is 10.1 Å². The van der Waals surface area contributed by atoms with Gasteiger partial charge in [0.05, 0.1) is 9.40 Å². The molecule has 1 aromatic rings. The van der Waals surface area contributed by atoms with Crippen molar-refractivity contribution in [3.05, 3.63) is 36.7 Å². The van der Waals surface area contributed by atoms with Crippen molar-refractivity contribution in [1.29, 1.82) is 0 Å². The molecule has 0 aliphatic rings. The maximum Gasteiger partial charge on any atom is 0.295 e. The summed E-state index contributed by atoms with van der Waals surface area (Å²) in [7, 11) is 0. The maximum absolute atomic E-state index is 12.2. The van der Waals surface area contributed by atoms with E-state index in [4.69, 9.17) is 0 Å². The third kappa shape index (κ3) is 1.95. The molecule has 0 fully saturated rings. The number of halogens is 3. The standard InChI is InChI=1S/C6H3BrF2N2O3/c7-2-1-3(11(13)14)4(5(8)9)10-6(2)12/h1,5H,(H,10,12). The van der Waals surface area contributed by atoms with E-state index in [1.54, 1.807) is 4.98 Å². The molecule has 0 bridgehead atoms. The molecular formula is C6H3BrF2N2O3. The molecule has 0 unspecified atom stereocenters. The highest BCUT2D eigenvalue weighted by Gasteiger charge is 2.23. The minimum absolute atomic E-state index is 0.159. The normalized spacial score (nSPS) is 10.6. The van der Waals surface area contributed by atoms with Crippen LogP contribution in [0.1, 0.15) is 12.1 Å². The molecular weight excluding hydrogens is 266 g/mol. The fourth-order valence-electron chi connectivity index (χ4n) is 0.827. The minimum Gasteiger partial charge on any atom is -0.314 e. The van der Waals surface area contributed by atoms with Crippen LogP contribution in [0.5, 0.6) is 0 Å². The van der Waals surface area contributed by atoms with Crippen molar-refractivity contribution in [2.75, 3.05) is 0 Å². The van der Waals surface area contributed by atoms with E-state index >= 15 is 0 Å². The van der Waals surface area contributed by atoms with Gasteiger partial charge in [0.2, 0.25) is 0 Å². The van der Waals surface area contributed by atoms with E-state index in [9.17, 15) is 23.7 Å². The van der Waals surface area contributed by atoms with Crippen LogP contribution < -0.4 is 5.56 Å². The molecule has 0 saturated heterocycles. The van der Waals surface area contributed by atoms with Gasteiger partial charge < -0.3 is 4.98 Å². The van der Waals surface area contributed by atoms with Crippen LogP contribution >= 0.6 is 15.9 Å². The van der Waals surface area contributed by atoms with Gasteiger partial charge in [-0.05, 0) is 15.9 Å². The van der Waals surface area contributed by atoms with E-state index in [2.05, 4.69) is 15.9 Å². The lowest BCUT2D eigenvalue weighted by atomic mass is 10.3. The van der Waals surface area contributed by atoms with Gasteiger partial charge in [-0.1, -0.05) is 0 Å². The first kappa shape index (κ1) is 10.8. The monoisotopic (exact) mass is 268 g/mol. The number of aromatic amines is 1. The lowest BCUT2D eigenvalue weighted by Crippen LogP contribution is -2.12. The first-order chi connectivity index (χ1) is 6.43. The van der Waals surface area contributed by atoms with Crippen molar-refractivity contribution in [2.24, 2.45) is 0 Å². The van der Waals surface area contributed by atoms with Gasteiger partial charge in [-0.15, -0.1) is 0 Å². The van der Waals surface area contributed by atoms with Crippen LogP contribution in [-0.2, 0) is 0 Å². The summed E-state index contributed by atoms with van der Waals surface area (Å²) in [5.74, 6) is 0. The number of rotatable bonds is 2. The van der Waals surface area contributed by atoms with Crippen molar-refractivity contribution >= 4 is 21.6 Å². The van der Waals surface area contributed by atoms with Crippen LogP contribution in [0.2, 0.25) is 0 Å². The highest BCUT2D eigenvalue weighted by atomic mass is 79.9. The van der Waals surface area contributed by atoms with E-state index in [0.717, 1.165) is 6.07 Å². The van der Waals surface area contributed by atoms with Crippen molar-refractivity contribution in [1.82, 2.24) is 4.98 Å². The molecule has 0 amide bonds. The largest absolute Gasteiger partial charge is 0.314 e. The van der Waals surface area contributed by atoms with Crippen molar-refractivity contribution < 1.29 is 13.7 Å². The lowest BCUT2D eigenvalue weighted by Gasteiger charge is -2.00. The van der Waals surface area contributed by atoms with E-state index in [0.29, 0.717) is 0 Å². The average Bonchev–Trinajstić information content (AvgIpc) is 2.08. The molecule has 1 N–H and O–H groups in total. The fraction of sp³-hybridized carbons (Fsp3) is 0.167. The Balaban J connectivity index is 3.47. The number of nitro groups is 1. The summed E-state index contributed by atoms with van der Waals surface area (Å²) in [5.41, 5.74) is -2.62. The molecule has 1 heterocycles. The third-order valence-corrected chi connectivity index (χ3v) is 2.01. The van der Waals surface area contributed by atoms with Crippen molar-refractivity contribution in [2.45, 2.75) is 6.43 Å². The number of nitrogens with one attached hydrogen (secondary N) is 1. The molecule has 1 rings (SSSR count). The molecule has 8 heteroatoms. The molecule has 0 spiro atoms. The number of hydrogen-bond donors (Lipinski definition) is 1. The van der Waals surface area contributed by atoms with Gasteiger partial charge >= 0.3 is 0 Å². The fourth-order valence-corrected chi connectivity index (χ4v) is 1.14. The Kier molecular flexibility index (Phi) is 2.94. The molecule has 1 aromatic heterocycles. The van der Waals surface area contributed by atoms with E-state index in [1.807, 2.05) is 0 Å². The zero-order valence-corrected chi connectivity index (χ0v) is 8.05. The van der Waals surface area contributed by atoms with E-state index in [1.165, 1.54) is 0 Å². The van der Waals surface area contributed by atoms with Crippen LogP contribution in [0.25, 0.3) is 0 Å². The smallest absolute Gasteiger partial charge is 0.295 e. The summed E-state index contributed by atoms with van der Waals surface area (Å²) in [6, 6.07) is 0.750. The predicted molar refractivity (Wildman–Crippen MR) is 46.4 cm³/mol.